The number of hydrogen-bond acceptors (Lipinski definition) is 5. The molecule has 0 unspecified atom stereocenters. The van der Waals surface area contributed by atoms with Crippen molar-refractivity contribution < 1.29 is 26.3 Å². The van der Waals surface area contributed by atoms with Crippen LogP contribution in [0.1, 0.15) is 6.92 Å². The third-order valence-electron chi connectivity index (χ3n) is 3.40. The molecule has 0 saturated carbocycles. The van der Waals surface area contributed by atoms with E-state index in [2.05, 4.69) is 0 Å². The molecule has 0 aromatic heterocycles. The summed E-state index contributed by atoms with van der Waals surface area (Å²) in [5, 5.41) is 9.84. The minimum atomic E-state index is -3.99. The van der Waals surface area contributed by atoms with Gasteiger partial charge in [0.15, 0.2) is 9.84 Å². The van der Waals surface area contributed by atoms with Crippen LogP contribution in [0.25, 0.3) is 0 Å². The first-order valence-electron chi connectivity index (χ1n) is 6.33. The number of aliphatic hydroxyl groups excluding tert-OH is 1. The molecule has 0 spiro atoms. The molecule has 1 aromatic carbocycles. The molecule has 0 aliphatic carbocycles. The number of halogens is 1. The van der Waals surface area contributed by atoms with Gasteiger partial charge in [-0.1, -0.05) is 6.92 Å². The molecule has 1 saturated heterocycles. The number of rotatable bonds is 4. The van der Waals surface area contributed by atoms with Gasteiger partial charge < -0.3 is 5.11 Å². The third kappa shape index (κ3) is 3.25. The van der Waals surface area contributed by atoms with Crippen molar-refractivity contribution in [3.63, 3.8) is 0 Å². The van der Waals surface area contributed by atoms with Crippen molar-refractivity contribution in [2.45, 2.75) is 24.0 Å². The zero-order chi connectivity index (χ0) is 15.8. The van der Waals surface area contributed by atoms with Gasteiger partial charge in [-0.3, -0.25) is 0 Å². The van der Waals surface area contributed by atoms with Gasteiger partial charge in [0, 0.05) is 6.54 Å². The molecule has 21 heavy (non-hydrogen) atoms. The van der Waals surface area contributed by atoms with Crippen LogP contribution in [0, 0.1) is 5.82 Å². The first kappa shape index (κ1) is 16.3. The van der Waals surface area contributed by atoms with Crippen molar-refractivity contribution in [1.29, 1.82) is 0 Å². The predicted molar refractivity (Wildman–Crippen MR) is 74.4 cm³/mol. The van der Waals surface area contributed by atoms with E-state index in [9.17, 15) is 26.3 Å². The highest BCUT2D eigenvalue weighted by Crippen LogP contribution is 2.25. The molecule has 1 aliphatic rings. The third-order valence-corrected chi connectivity index (χ3v) is 7.11. The van der Waals surface area contributed by atoms with Crippen LogP contribution < -0.4 is 0 Å². The molecule has 0 amide bonds. The Morgan fingerprint density at radius 1 is 1.29 bits per heavy atom. The second-order valence-corrected chi connectivity index (χ2v) is 8.92. The molecule has 0 bridgehead atoms. The number of nitrogens with zero attached hydrogens (tertiary/aromatic N) is 1. The molecule has 0 radical (unpaired) electrons. The van der Waals surface area contributed by atoms with Crippen LogP contribution in [0.5, 0.6) is 0 Å². The van der Waals surface area contributed by atoms with Crippen molar-refractivity contribution in [2.75, 3.05) is 18.1 Å². The van der Waals surface area contributed by atoms with Gasteiger partial charge >= 0.3 is 0 Å². The van der Waals surface area contributed by atoms with Crippen molar-refractivity contribution >= 4 is 19.9 Å². The van der Waals surface area contributed by atoms with E-state index in [0.29, 0.717) is 0 Å². The predicted octanol–water partition coefficient (Wildman–Crippen LogP) is -0.00580. The first-order valence-corrected chi connectivity index (χ1v) is 9.59. The SMILES string of the molecule is CCN([C@H]1CS(=O)(=O)C[C@H]1O)S(=O)(=O)c1ccc(F)cc1. The quantitative estimate of drug-likeness (QED) is 0.835. The van der Waals surface area contributed by atoms with E-state index in [4.69, 9.17) is 0 Å². The Bertz CT molecular complexity index is 715. The molecule has 1 fully saturated rings. The van der Waals surface area contributed by atoms with Gasteiger partial charge in [-0.05, 0) is 24.3 Å². The lowest BCUT2D eigenvalue weighted by Gasteiger charge is -2.28. The summed E-state index contributed by atoms with van der Waals surface area (Å²) in [6.07, 6.45) is -1.26. The van der Waals surface area contributed by atoms with E-state index in [1.807, 2.05) is 0 Å². The lowest BCUT2D eigenvalue weighted by Crippen LogP contribution is -2.46. The van der Waals surface area contributed by atoms with Gasteiger partial charge in [0.05, 0.1) is 28.5 Å². The minimum absolute atomic E-state index is 0.0109. The lowest BCUT2D eigenvalue weighted by atomic mass is 10.2. The molecule has 1 N–H and O–H groups in total. The fourth-order valence-electron chi connectivity index (χ4n) is 2.41. The van der Waals surface area contributed by atoms with E-state index in [-0.39, 0.29) is 11.4 Å². The van der Waals surface area contributed by atoms with E-state index in [1.165, 1.54) is 0 Å². The van der Waals surface area contributed by atoms with Gasteiger partial charge in [0.25, 0.3) is 0 Å². The van der Waals surface area contributed by atoms with Crippen molar-refractivity contribution in [2.24, 2.45) is 0 Å². The Kier molecular flexibility index (Phi) is 4.39. The standard InChI is InChI=1S/C12H16FNO5S2/c1-2-14(11-7-20(16,17)8-12(11)15)21(18,19)10-5-3-9(13)4-6-10/h3-6,11-12,15H,2,7-8H2,1H3/t11-,12+/m0/s1. The number of likely N-dealkylation sites (N-methyl/N-ethyl adjacent to an activating group) is 1. The molecular weight excluding hydrogens is 321 g/mol. The number of benzene rings is 1. The van der Waals surface area contributed by atoms with Crippen LogP contribution in [0.3, 0.4) is 0 Å². The summed E-state index contributed by atoms with van der Waals surface area (Å²) in [6, 6.07) is 3.24. The van der Waals surface area contributed by atoms with Crippen molar-refractivity contribution in [3.8, 4) is 0 Å². The molecule has 1 heterocycles. The maximum absolute atomic E-state index is 12.9. The summed E-state index contributed by atoms with van der Waals surface area (Å²) in [6.45, 7) is 1.57. The van der Waals surface area contributed by atoms with Crippen LogP contribution >= 0.6 is 0 Å². The molecular formula is C12H16FNO5S2. The summed E-state index contributed by atoms with van der Waals surface area (Å²) in [4.78, 5) is -0.137. The van der Waals surface area contributed by atoms with Gasteiger partial charge in [0.1, 0.15) is 5.82 Å². The molecule has 2 atom stereocenters. The topological polar surface area (TPSA) is 91.8 Å². The Labute approximate surface area is 123 Å². The van der Waals surface area contributed by atoms with E-state index >= 15 is 0 Å². The summed E-state index contributed by atoms with van der Waals surface area (Å²) in [7, 11) is -7.46. The summed E-state index contributed by atoms with van der Waals surface area (Å²) in [5.41, 5.74) is 0. The summed E-state index contributed by atoms with van der Waals surface area (Å²) in [5.74, 6) is -1.43. The highest BCUT2D eigenvalue weighted by atomic mass is 32.2. The number of sulfonamides is 1. The first-order chi connectivity index (χ1) is 9.67. The molecule has 2 rings (SSSR count). The Balaban J connectivity index is 2.39. The molecule has 118 valence electrons. The summed E-state index contributed by atoms with van der Waals surface area (Å²) >= 11 is 0. The van der Waals surface area contributed by atoms with Crippen LogP contribution in [0.15, 0.2) is 29.2 Å². The Morgan fingerprint density at radius 3 is 2.29 bits per heavy atom. The number of sulfone groups is 1. The zero-order valence-corrected chi connectivity index (χ0v) is 12.9. The summed E-state index contributed by atoms with van der Waals surface area (Å²) < 4.78 is 62.0. The molecule has 6 nitrogen and oxygen atoms in total. The highest BCUT2D eigenvalue weighted by molar-refractivity contribution is 7.92. The fourth-order valence-corrected chi connectivity index (χ4v) is 5.97. The average Bonchev–Trinajstić information content (AvgIpc) is 2.64. The zero-order valence-electron chi connectivity index (χ0n) is 11.3. The van der Waals surface area contributed by atoms with Crippen LogP contribution in [0.4, 0.5) is 4.39 Å². The Morgan fingerprint density at radius 2 is 1.86 bits per heavy atom. The highest BCUT2D eigenvalue weighted by Gasteiger charge is 2.44. The smallest absolute Gasteiger partial charge is 0.243 e. The Hall–Kier alpha value is -1.03. The largest absolute Gasteiger partial charge is 0.390 e. The fraction of sp³-hybridized carbons (Fsp3) is 0.500. The van der Waals surface area contributed by atoms with Gasteiger partial charge in [-0.2, -0.15) is 4.31 Å². The second-order valence-electron chi connectivity index (χ2n) is 4.87. The monoisotopic (exact) mass is 337 g/mol. The van der Waals surface area contributed by atoms with Gasteiger partial charge in [-0.25, -0.2) is 21.2 Å². The number of aliphatic hydroxyl groups is 1. The maximum atomic E-state index is 12.9. The lowest BCUT2D eigenvalue weighted by molar-refractivity contribution is 0.130. The van der Waals surface area contributed by atoms with Gasteiger partial charge in [0.2, 0.25) is 10.0 Å². The normalized spacial score (nSPS) is 25.3. The van der Waals surface area contributed by atoms with Gasteiger partial charge in [-0.15, -0.1) is 0 Å². The van der Waals surface area contributed by atoms with Crippen LogP contribution in [-0.4, -0.2) is 56.4 Å². The van der Waals surface area contributed by atoms with Crippen LogP contribution in [0.2, 0.25) is 0 Å². The molecule has 1 aliphatic heterocycles. The van der Waals surface area contributed by atoms with Crippen molar-refractivity contribution in [1.82, 2.24) is 4.31 Å². The van der Waals surface area contributed by atoms with Crippen molar-refractivity contribution in [3.05, 3.63) is 30.1 Å². The van der Waals surface area contributed by atoms with Crippen LogP contribution in [-0.2, 0) is 19.9 Å². The second kappa shape index (κ2) is 5.64. The average molecular weight is 337 g/mol. The van der Waals surface area contributed by atoms with E-state index < -0.39 is 49.3 Å². The maximum Gasteiger partial charge on any atom is 0.243 e. The molecule has 1 aromatic rings. The number of hydrogen-bond donors (Lipinski definition) is 1. The van der Waals surface area contributed by atoms with E-state index in [1.54, 1.807) is 6.92 Å². The molecule has 9 heteroatoms. The van der Waals surface area contributed by atoms with E-state index in [0.717, 1.165) is 28.6 Å². The minimum Gasteiger partial charge on any atom is -0.390 e.